The monoisotopic (exact) mass is 355 g/mol. The van der Waals surface area contributed by atoms with E-state index in [2.05, 4.69) is 22.9 Å². The van der Waals surface area contributed by atoms with Crippen LogP contribution in [-0.4, -0.2) is 34.0 Å². The van der Waals surface area contributed by atoms with E-state index < -0.39 is 0 Å². The molecule has 3 heterocycles. The molecular formula is C21H26ClN3. The van der Waals surface area contributed by atoms with Crippen LogP contribution in [0.25, 0.3) is 11.3 Å². The number of hydrogen-bond acceptors (Lipinski definition) is 3. The fourth-order valence-corrected chi connectivity index (χ4v) is 4.64. The molecule has 4 rings (SSSR count). The number of halogens is 1. The first-order valence-corrected chi connectivity index (χ1v) is 9.91. The van der Waals surface area contributed by atoms with Gasteiger partial charge in [-0.2, -0.15) is 0 Å². The molecule has 2 fully saturated rings. The van der Waals surface area contributed by atoms with Crippen molar-refractivity contribution < 1.29 is 0 Å². The second kappa shape index (κ2) is 7.43. The van der Waals surface area contributed by atoms with Crippen LogP contribution in [0.4, 0.5) is 0 Å². The zero-order valence-electron chi connectivity index (χ0n) is 14.9. The summed E-state index contributed by atoms with van der Waals surface area (Å²) < 4.78 is 0. The number of nitrogens with zero attached hydrogens (tertiary/aromatic N) is 3. The number of pyridine rings is 2. The summed E-state index contributed by atoms with van der Waals surface area (Å²) in [5.41, 5.74) is 4.57. The first kappa shape index (κ1) is 17.0. The molecule has 0 bridgehead atoms. The molecule has 1 saturated carbocycles. The highest BCUT2D eigenvalue weighted by Crippen LogP contribution is 2.33. The standard InChI is InChI=1S/C21H26ClN3/c1-15-11-17(20-9-8-18(22)13-23-20)12-24-21(15)16-5-4-10-25(14-16)19-6-2-3-7-19/h8-9,11-13,16,19H,2-7,10,14H2,1H3. The third-order valence-electron chi connectivity index (χ3n) is 5.82. The molecule has 0 amide bonds. The van der Waals surface area contributed by atoms with Crippen LogP contribution in [-0.2, 0) is 0 Å². The van der Waals surface area contributed by atoms with Crippen LogP contribution in [0.3, 0.4) is 0 Å². The Balaban J connectivity index is 1.53. The van der Waals surface area contributed by atoms with E-state index in [1.54, 1.807) is 6.20 Å². The van der Waals surface area contributed by atoms with E-state index in [4.69, 9.17) is 16.6 Å². The van der Waals surface area contributed by atoms with Crippen LogP contribution in [0.2, 0.25) is 5.02 Å². The van der Waals surface area contributed by atoms with E-state index in [1.807, 2.05) is 18.3 Å². The minimum absolute atomic E-state index is 0.571. The minimum Gasteiger partial charge on any atom is -0.300 e. The average Bonchev–Trinajstić information content (AvgIpc) is 3.17. The van der Waals surface area contributed by atoms with Crippen molar-refractivity contribution in [3.63, 3.8) is 0 Å². The van der Waals surface area contributed by atoms with Gasteiger partial charge in [-0.05, 0) is 62.9 Å². The fraction of sp³-hybridized carbons (Fsp3) is 0.524. The second-order valence-electron chi connectivity index (χ2n) is 7.56. The largest absolute Gasteiger partial charge is 0.300 e. The Hall–Kier alpha value is -1.45. The van der Waals surface area contributed by atoms with Crippen molar-refractivity contribution in [1.82, 2.24) is 14.9 Å². The lowest BCUT2D eigenvalue weighted by Crippen LogP contribution is -2.41. The van der Waals surface area contributed by atoms with Crippen molar-refractivity contribution in [1.29, 1.82) is 0 Å². The van der Waals surface area contributed by atoms with Crippen LogP contribution >= 0.6 is 11.6 Å². The van der Waals surface area contributed by atoms with Gasteiger partial charge in [-0.15, -0.1) is 0 Å². The van der Waals surface area contributed by atoms with Crippen LogP contribution in [0.5, 0.6) is 0 Å². The summed E-state index contributed by atoms with van der Waals surface area (Å²) in [5, 5.41) is 0.666. The van der Waals surface area contributed by atoms with E-state index in [1.165, 1.54) is 62.9 Å². The summed E-state index contributed by atoms with van der Waals surface area (Å²) in [7, 11) is 0. The zero-order valence-corrected chi connectivity index (χ0v) is 15.7. The van der Waals surface area contributed by atoms with Gasteiger partial charge in [0, 0.05) is 42.2 Å². The van der Waals surface area contributed by atoms with Crippen LogP contribution in [0, 0.1) is 6.92 Å². The highest BCUT2D eigenvalue weighted by Gasteiger charge is 2.29. The molecule has 1 atom stereocenters. The number of piperidine rings is 1. The summed E-state index contributed by atoms with van der Waals surface area (Å²) in [6.45, 7) is 4.64. The molecule has 2 aliphatic rings. The quantitative estimate of drug-likeness (QED) is 0.755. The highest BCUT2D eigenvalue weighted by atomic mass is 35.5. The van der Waals surface area contributed by atoms with Gasteiger partial charge in [0.05, 0.1) is 10.7 Å². The molecule has 0 spiro atoms. The van der Waals surface area contributed by atoms with Crippen LogP contribution < -0.4 is 0 Å². The molecule has 3 nitrogen and oxygen atoms in total. The smallest absolute Gasteiger partial charge is 0.0718 e. The third-order valence-corrected chi connectivity index (χ3v) is 6.05. The van der Waals surface area contributed by atoms with Crippen LogP contribution in [0.1, 0.15) is 55.7 Å². The molecule has 0 aromatic carbocycles. The van der Waals surface area contributed by atoms with Gasteiger partial charge in [0.2, 0.25) is 0 Å². The first-order valence-electron chi connectivity index (χ1n) is 9.53. The van der Waals surface area contributed by atoms with Gasteiger partial charge in [0.25, 0.3) is 0 Å². The molecule has 2 aromatic heterocycles. The molecule has 132 valence electrons. The van der Waals surface area contributed by atoms with Crippen molar-refractivity contribution in [2.24, 2.45) is 0 Å². The number of hydrogen-bond donors (Lipinski definition) is 0. The Morgan fingerprint density at radius 2 is 1.88 bits per heavy atom. The van der Waals surface area contributed by atoms with E-state index in [-0.39, 0.29) is 0 Å². The lowest BCUT2D eigenvalue weighted by atomic mass is 9.90. The molecule has 1 saturated heterocycles. The number of aryl methyl sites for hydroxylation is 1. The van der Waals surface area contributed by atoms with Crippen molar-refractivity contribution in [2.75, 3.05) is 13.1 Å². The molecular weight excluding hydrogens is 330 g/mol. The maximum absolute atomic E-state index is 5.94. The topological polar surface area (TPSA) is 29.0 Å². The normalized spacial score (nSPS) is 22.4. The lowest BCUT2D eigenvalue weighted by molar-refractivity contribution is 0.148. The molecule has 1 unspecified atom stereocenters. The number of likely N-dealkylation sites (tertiary alicyclic amines) is 1. The van der Waals surface area contributed by atoms with Crippen molar-refractivity contribution in [2.45, 2.75) is 57.4 Å². The Labute approximate surface area is 155 Å². The zero-order chi connectivity index (χ0) is 17.2. The summed E-state index contributed by atoms with van der Waals surface area (Å²) >= 11 is 5.94. The van der Waals surface area contributed by atoms with Gasteiger partial charge < -0.3 is 0 Å². The van der Waals surface area contributed by atoms with Gasteiger partial charge in [0.1, 0.15) is 0 Å². The molecule has 2 aromatic rings. The Morgan fingerprint density at radius 1 is 1.04 bits per heavy atom. The summed E-state index contributed by atoms with van der Waals surface area (Å²) in [4.78, 5) is 12.0. The van der Waals surface area contributed by atoms with Gasteiger partial charge in [-0.25, -0.2) is 0 Å². The van der Waals surface area contributed by atoms with E-state index in [0.29, 0.717) is 10.9 Å². The molecule has 0 N–H and O–H groups in total. The maximum atomic E-state index is 5.94. The Kier molecular flexibility index (Phi) is 5.05. The Morgan fingerprint density at radius 3 is 2.60 bits per heavy atom. The fourth-order valence-electron chi connectivity index (χ4n) is 4.53. The predicted molar refractivity (Wildman–Crippen MR) is 103 cm³/mol. The predicted octanol–water partition coefficient (Wildman–Crippen LogP) is 5.23. The molecule has 4 heteroatoms. The summed E-state index contributed by atoms with van der Waals surface area (Å²) in [6.07, 6.45) is 11.8. The van der Waals surface area contributed by atoms with Crippen molar-refractivity contribution >= 4 is 11.6 Å². The van der Waals surface area contributed by atoms with E-state index in [9.17, 15) is 0 Å². The number of aromatic nitrogens is 2. The number of rotatable bonds is 3. The van der Waals surface area contributed by atoms with Crippen molar-refractivity contribution in [3.05, 3.63) is 46.9 Å². The molecule has 1 aliphatic heterocycles. The molecule has 1 aliphatic carbocycles. The van der Waals surface area contributed by atoms with Crippen molar-refractivity contribution in [3.8, 4) is 11.3 Å². The molecule has 25 heavy (non-hydrogen) atoms. The maximum Gasteiger partial charge on any atom is 0.0718 e. The lowest BCUT2D eigenvalue weighted by Gasteiger charge is -2.37. The van der Waals surface area contributed by atoms with Gasteiger partial charge in [-0.3, -0.25) is 14.9 Å². The van der Waals surface area contributed by atoms with Gasteiger partial charge in [0.15, 0.2) is 0 Å². The highest BCUT2D eigenvalue weighted by molar-refractivity contribution is 6.30. The van der Waals surface area contributed by atoms with E-state index in [0.717, 1.165) is 17.3 Å². The van der Waals surface area contributed by atoms with Crippen LogP contribution in [0.15, 0.2) is 30.6 Å². The van der Waals surface area contributed by atoms with Gasteiger partial charge in [-0.1, -0.05) is 24.4 Å². The summed E-state index contributed by atoms with van der Waals surface area (Å²) in [5.74, 6) is 0.571. The SMILES string of the molecule is Cc1cc(-c2ccc(Cl)cn2)cnc1C1CCCN(C2CCCC2)C1. The molecule has 0 radical (unpaired) electrons. The summed E-state index contributed by atoms with van der Waals surface area (Å²) in [6, 6.07) is 6.89. The Bertz CT molecular complexity index is 722. The third kappa shape index (κ3) is 3.73. The first-order chi connectivity index (χ1) is 12.2. The second-order valence-corrected chi connectivity index (χ2v) is 8.00. The van der Waals surface area contributed by atoms with E-state index >= 15 is 0 Å². The minimum atomic E-state index is 0.571. The average molecular weight is 356 g/mol. The van der Waals surface area contributed by atoms with Gasteiger partial charge >= 0.3 is 0 Å².